The number of carbonyl (C=O) groups is 1. The van der Waals surface area contributed by atoms with Crippen LogP contribution in [-0.4, -0.2) is 71.7 Å². The number of carbonyl (C=O) groups excluding carboxylic acids is 1. The molecule has 1 fully saturated rings. The van der Waals surface area contributed by atoms with E-state index in [0.29, 0.717) is 12.3 Å². The van der Waals surface area contributed by atoms with Crippen LogP contribution in [0, 0.1) is 13.8 Å². The molecule has 0 atom stereocenters. The lowest BCUT2D eigenvalue weighted by Crippen LogP contribution is -2.46. The van der Waals surface area contributed by atoms with Crippen molar-refractivity contribution >= 4 is 16.9 Å². The van der Waals surface area contributed by atoms with E-state index in [1.807, 2.05) is 32.0 Å². The molecule has 0 unspecified atom stereocenters. The van der Waals surface area contributed by atoms with Gasteiger partial charge in [0.15, 0.2) is 5.76 Å². The molecule has 0 aliphatic carbocycles. The molecule has 0 spiro atoms. The van der Waals surface area contributed by atoms with Gasteiger partial charge in [0.05, 0.1) is 0 Å². The lowest BCUT2D eigenvalue weighted by Gasteiger charge is -2.33. The second-order valence-corrected chi connectivity index (χ2v) is 7.81. The number of aromatic nitrogens is 2. The van der Waals surface area contributed by atoms with E-state index in [-0.39, 0.29) is 17.7 Å². The molecule has 3 aromatic rings. The number of benzene rings is 1. The van der Waals surface area contributed by atoms with Gasteiger partial charge < -0.3 is 24.0 Å². The number of fused-ring (bicyclic) bond motifs is 1. The number of furan rings is 1. The van der Waals surface area contributed by atoms with Crippen molar-refractivity contribution < 1.29 is 13.6 Å². The fourth-order valence-electron chi connectivity index (χ4n) is 3.90. The van der Waals surface area contributed by atoms with E-state index in [4.69, 9.17) is 8.83 Å². The minimum atomic E-state index is -0.352. The van der Waals surface area contributed by atoms with Crippen LogP contribution in [0.15, 0.2) is 27.0 Å². The second kappa shape index (κ2) is 8.97. The Morgan fingerprint density at radius 3 is 2.60 bits per heavy atom. The van der Waals surface area contributed by atoms with Crippen molar-refractivity contribution in [3.05, 3.63) is 35.2 Å². The van der Waals surface area contributed by atoms with Crippen LogP contribution in [-0.2, 0) is 0 Å². The van der Waals surface area contributed by atoms with E-state index in [2.05, 4.69) is 32.2 Å². The highest BCUT2D eigenvalue weighted by Crippen LogP contribution is 2.33. The van der Waals surface area contributed by atoms with Crippen LogP contribution in [0.2, 0.25) is 0 Å². The van der Waals surface area contributed by atoms with Crippen LogP contribution in [0.25, 0.3) is 22.6 Å². The first-order valence-electron chi connectivity index (χ1n) is 10.6. The Balaban J connectivity index is 1.31. The Hall–Kier alpha value is -2.71. The summed E-state index contributed by atoms with van der Waals surface area (Å²) >= 11 is 0. The molecule has 1 aliphatic heterocycles. The third kappa shape index (κ3) is 4.24. The molecule has 1 aliphatic rings. The third-order valence-corrected chi connectivity index (χ3v) is 5.82. The smallest absolute Gasteiger partial charge is 0.308 e. The Labute approximate surface area is 176 Å². The molecular formula is C22H29N5O3. The highest BCUT2D eigenvalue weighted by Gasteiger charge is 2.22. The van der Waals surface area contributed by atoms with Gasteiger partial charge in [0.2, 0.25) is 0 Å². The number of aryl methyl sites for hydroxylation is 2. The zero-order valence-electron chi connectivity index (χ0n) is 17.9. The fraction of sp³-hybridized carbons (Fsp3) is 0.500. The maximum Gasteiger partial charge on any atom is 0.308 e. The van der Waals surface area contributed by atoms with Crippen molar-refractivity contribution in [1.29, 1.82) is 0 Å². The molecule has 4 rings (SSSR count). The van der Waals surface area contributed by atoms with Crippen molar-refractivity contribution in [1.82, 2.24) is 25.3 Å². The molecule has 0 saturated carbocycles. The van der Waals surface area contributed by atoms with Crippen molar-refractivity contribution in [2.45, 2.75) is 27.2 Å². The van der Waals surface area contributed by atoms with Gasteiger partial charge in [-0.3, -0.25) is 4.79 Å². The van der Waals surface area contributed by atoms with E-state index < -0.39 is 0 Å². The predicted molar refractivity (Wildman–Crippen MR) is 114 cm³/mol. The SMILES string of the molecule is CCN1CCN(CCCNC(=O)c2nnc(-c3oc4c(C)cccc4c3C)o2)CC1. The summed E-state index contributed by atoms with van der Waals surface area (Å²) in [5.74, 6) is 0.340. The van der Waals surface area contributed by atoms with Crippen LogP contribution >= 0.6 is 0 Å². The van der Waals surface area contributed by atoms with E-state index in [9.17, 15) is 4.79 Å². The van der Waals surface area contributed by atoms with Gasteiger partial charge in [-0.1, -0.05) is 25.1 Å². The third-order valence-electron chi connectivity index (χ3n) is 5.82. The molecule has 8 heteroatoms. The number of likely N-dealkylation sites (N-methyl/N-ethyl adjacent to an activating group) is 1. The summed E-state index contributed by atoms with van der Waals surface area (Å²) in [6.07, 6.45) is 0.890. The van der Waals surface area contributed by atoms with Gasteiger partial charge >= 0.3 is 11.8 Å². The Morgan fingerprint density at radius 1 is 1.10 bits per heavy atom. The van der Waals surface area contributed by atoms with E-state index in [0.717, 1.165) is 67.8 Å². The molecule has 1 amide bonds. The lowest BCUT2D eigenvalue weighted by molar-refractivity contribution is 0.0914. The van der Waals surface area contributed by atoms with E-state index in [1.165, 1.54) is 0 Å². The molecule has 1 saturated heterocycles. The quantitative estimate of drug-likeness (QED) is 0.598. The van der Waals surface area contributed by atoms with E-state index in [1.54, 1.807) is 0 Å². The normalized spacial score (nSPS) is 15.7. The number of nitrogens with zero attached hydrogens (tertiary/aromatic N) is 4. The summed E-state index contributed by atoms with van der Waals surface area (Å²) in [5, 5.41) is 11.8. The van der Waals surface area contributed by atoms with Gasteiger partial charge in [-0.15, -0.1) is 10.2 Å². The summed E-state index contributed by atoms with van der Waals surface area (Å²) in [4.78, 5) is 17.3. The first-order valence-corrected chi connectivity index (χ1v) is 10.6. The number of amides is 1. The minimum Gasteiger partial charge on any atom is -0.450 e. The van der Waals surface area contributed by atoms with Gasteiger partial charge in [0.25, 0.3) is 5.89 Å². The highest BCUT2D eigenvalue weighted by molar-refractivity contribution is 5.90. The molecule has 1 N–H and O–H groups in total. The predicted octanol–water partition coefficient (Wildman–Crippen LogP) is 2.86. The van der Waals surface area contributed by atoms with Crippen LogP contribution < -0.4 is 5.32 Å². The van der Waals surface area contributed by atoms with Gasteiger partial charge in [-0.2, -0.15) is 0 Å². The van der Waals surface area contributed by atoms with E-state index >= 15 is 0 Å². The van der Waals surface area contributed by atoms with Gasteiger partial charge in [0.1, 0.15) is 5.58 Å². The summed E-state index contributed by atoms with van der Waals surface area (Å²) in [6.45, 7) is 13.2. The topological polar surface area (TPSA) is 87.6 Å². The summed E-state index contributed by atoms with van der Waals surface area (Å²) in [5.41, 5.74) is 2.76. The van der Waals surface area contributed by atoms with Crippen molar-refractivity contribution in [2.75, 3.05) is 45.8 Å². The van der Waals surface area contributed by atoms with Crippen molar-refractivity contribution in [3.8, 4) is 11.7 Å². The van der Waals surface area contributed by atoms with Crippen LogP contribution in [0.4, 0.5) is 0 Å². The van der Waals surface area contributed by atoms with Crippen LogP contribution in [0.5, 0.6) is 0 Å². The first kappa shape index (κ1) is 20.6. The number of hydrogen-bond acceptors (Lipinski definition) is 7. The van der Waals surface area contributed by atoms with Crippen molar-refractivity contribution in [2.24, 2.45) is 0 Å². The summed E-state index contributed by atoms with van der Waals surface area (Å²) in [7, 11) is 0. The molecule has 0 radical (unpaired) electrons. The minimum absolute atomic E-state index is 0.0434. The summed E-state index contributed by atoms with van der Waals surface area (Å²) < 4.78 is 11.6. The van der Waals surface area contributed by atoms with Gasteiger partial charge in [-0.05, 0) is 38.9 Å². The number of hydrogen-bond donors (Lipinski definition) is 1. The molecule has 0 bridgehead atoms. The lowest BCUT2D eigenvalue weighted by atomic mass is 10.1. The first-order chi connectivity index (χ1) is 14.6. The average Bonchev–Trinajstić information content (AvgIpc) is 3.37. The molecule has 3 heterocycles. The molecule has 160 valence electrons. The Morgan fingerprint density at radius 2 is 1.87 bits per heavy atom. The largest absolute Gasteiger partial charge is 0.450 e. The monoisotopic (exact) mass is 411 g/mol. The number of piperazine rings is 1. The number of para-hydroxylation sites is 1. The number of rotatable bonds is 7. The number of nitrogens with one attached hydrogen (secondary N) is 1. The second-order valence-electron chi connectivity index (χ2n) is 7.81. The molecule has 8 nitrogen and oxygen atoms in total. The Kier molecular flexibility index (Phi) is 6.15. The van der Waals surface area contributed by atoms with Crippen LogP contribution in [0.3, 0.4) is 0 Å². The van der Waals surface area contributed by atoms with Gasteiger partial charge in [-0.25, -0.2) is 0 Å². The molecule has 2 aromatic heterocycles. The molecular weight excluding hydrogens is 382 g/mol. The zero-order valence-corrected chi connectivity index (χ0v) is 17.9. The fourth-order valence-corrected chi connectivity index (χ4v) is 3.90. The van der Waals surface area contributed by atoms with Crippen LogP contribution in [0.1, 0.15) is 35.2 Å². The highest BCUT2D eigenvalue weighted by atomic mass is 16.4. The summed E-state index contributed by atoms with van der Waals surface area (Å²) in [6, 6.07) is 5.97. The maximum absolute atomic E-state index is 12.4. The Bertz CT molecular complexity index is 1020. The average molecular weight is 412 g/mol. The molecule has 30 heavy (non-hydrogen) atoms. The van der Waals surface area contributed by atoms with Gasteiger partial charge in [0, 0.05) is 43.7 Å². The maximum atomic E-state index is 12.4. The van der Waals surface area contributed by atoms with Crippen molar-refractivity contribution in [3.63, 3.8) is 0 Å². The standard InChI is InChI=1S/C22H29N5O3/c1-4-26-11-13-27(14-12-26)10-6-9-23-20(28)22-25-24-21(30-22)19-16(3)17-8-5-7-15(2)18(17)29-19/h5,7-8H,4,6,9-14H2,1-3H3,(H,23,28). The zero-order chi connectivity index (χ0) is 21.1. The molecule has 1 aromatic carbocycles.